The van der Waals surface area contributed by atoms with Crippen LogP contribution in [0.25, 0.3) is 11.2 Å². The highest BCUT2D eigenvalue weighted by atomic mass is 32.2. The van der Waals surface area contributed by atoms with Crippen LogP contribution >= 0.6 is 11.8 Å². The normalized spacial score (nSPS) is 12.1. The third-order valence-corrected chi connectivity index (χ3v) is 5.49. The predicted octanol–water partition coefficient (Wildman–Crippen LogP) is 3.28. The Morgan fingerprint density at radius 1 is 1.18 bits per heavy atom. The Balaban J connectivity index is 1.66. The summed E-state index contributed by atoms with van der Waals surface area (Å²) in [5.41, 5.74) is 0.0959. The molecule has 0 aliphatic carbocycles. The molecule has 4 aromatic rings. The van der Waals surface area contributed by atoms with Crippen molar-refractivity contribution in [3.05, 3.63) is 69.9 Å². The number of halogens is 2. The Morgan fingerprint density at radius 3 is 2.79 bits per heavy atom. The zero-order valence-corrected chi connectivity index (χ0v) is 18.2. The fourth-order valence-corrected chi connectivity index (χ4v) is 3.73. The number of nitrogens with one attached hydrogen (secondary N) is 3. The van der Waals surface area contributed by atoms with E-state index >= 15 is 0 Å². The summed E-state index contributed by atoms with van der Waals surface area (Å²) in [7, 11) is 0. The zero-order valence-electron chi connectivity index (χ0n) is 17.4. The van der Waals surface area contributed by atoms with Gasteiger partial charge in [0.15, 0.2) is 39.6 Å². The third-order valence-electron chi connectivity index (χ3n) is 4.59. The topological polar surface area (TPSA) is 129 Å². The lowest BCUT2D eigenvalue weighted by Gasteiger charge is -2.14. The number of anilines is 2. The molecule has 0 radical (unpaired) electrons. The minimum atomic E-state index is -0.935. The lowest BCUT2D eigenvalue weighted by molar-refractivity contribution is 0.281. The summed E-state index contributed by atoms with van der Waals surface area (Å²) in [4.78, 5) is 28.3. The minimum absolute atomic E-state index is 0.0458. The van der Waals surface area contributed by atoms with Gasteiger partial charge in [0.2, 0.25) is 0 Å². The number of aliphatic hydroxyl groups is 1. The van der Waals surface area contributed by atoms with E-state index in [9.17, 15) is 18.7 Å². The molecule has 9 nitrogen and oxygen atoms in total. The summed E-state index contributed by atoms with van der Waals surface area (Å²) in [6.07, 6.45) is 1.52. The number of nitrogens with zero attached hydrogens (tertiary/aromatic N) is 3. The number of H-pyrrole nitrogens is 1. The molecule has 1 atom stereocenters. The van der Waals surface area contributed by atoms with Crippen molar-refractivity contribution in [2.75, 3.05) is 17.2 Å². The van der Waals surface area contributed by atoms with E-state index in [1.165, 1.54) is 18.4 Å². The van der Waals surface area contributed by atoms with Crippen LogP contribution in [0.3, 0.4) is 0 Å². The van der Waals surface area contributed by atoms with E-state index in [0.717, 1.165) is 17.8 Å². The van der Waals surface area contributed by atoms with Crippen LogP contribution in [0.2, 0.25) is 0 Å². The summed E-state index contributed by atoms with van der Waals surface area (Å²) in [6.45, 7) is 1.82. The van der Waals surface area contributed by atoms with Gasteiger partial charge in [-0.15, -0.1) is 0 Å². The van der Waals surface area contributed by atoms with Gasteiger partial charge in [0.05, 0.1) is 19.4 Å². The summed E-state index contributed by atoms with van der Waals surface area (Å²) >= 11 is 1.07. The maximum atomic E-state index is 14.0. The van der Waals surface area contributed by atoms with Crippen molar-refractivity contribution in [2.24, 2.45) is 0 Å². The highest BCUT2D eigenvalue weighted by molar-refractivity contribution is 7.98. The van der Waals surface area contributed by atoms with Crippen molar-refractivity contribution in [3.63, 3.8) is 0 Å². The standard InChI is InChI=1S/C21H20F2N6O3S/c1-11(9-30)25-17-16-18(27-20(31)19(26-16)24-8-13-5-3-7-32-13)29-21(28-17)33-10-12-4-2-6-14(22)15(12)23/h2-7,11,30H,8-10H2,1H3,(H,24,26)(H2,25,27,28,29,31)/t11-/m1/s1. The van der Waals surface area contributed by atoms with E-state index in [2.05, 4.69) is 30.6 Å². The smallest absolute Gasteiger partial charge is 0.292 e. The largest absolute Gasteiger partial charge is 0.467 e. The molecule has 0 unspecified atom stereocenters. The highest BCUT2D eigenvalue weighted by Gasteiger charge is 2.16. The number of aromatic amines is 1. The molecule has 0 aliphatic rings. The zero-order chi connectivity index (χ0) is 23.4. The SMILES string of the molecule is C[C@H](CO)Nc1nc(SCc2cccc(F)c2F)nc2[nH]c(=O)c(NCc3ccco3)nc12. The number of hydrogen-bond donors (Lipinski definition) is 4. The number of fused-ring (bicyclic) bond motifs is 1. The highest BCUT2D eigenvalue weighted by Crippen LogP contribution is 2.26. The van der Waals surface area contributed by atoms with E-state index in [1.807, 2.05) is 0 Å². The fraction of sp³-hybridized carbons (Fsp3) is 0.238. The average molecular weight is 474 g/mol. The second-order valence-electron chi connectivity index (χ2n) is 7.13. The van der Waals surface area contributed by atoms with Gasteiger partial charge in [-0.2, -0.15) is 0 Å². The Hall–Kier alpha value is -3.51. The van der Waals surface area contributed by atoms with Gasteiger partial charge in [0.1, 0.15) is 5.76 Å². The molecule has 3 heterocycles. The predicted molar refractivity (Wildman–Crippen MR) is 120 cm³/mol. The molecule has 0 amide bonds. The maximum Gasteiger partial charge on any atom is 0.292 e. The van der Waals surface area contributed by atoms with Crippen LogP contribution in [-0.2, 0) is 12.3 Å². The van der Waals surface area contributed by atoms with Gasteiger partial charge < -0.3 is 25.1 Å². The minimum Gasteiger partial charge on any atom is -0.467 e. The van der Waals surface area contributed by atoms with E-state index in [4.69, 9.17) is 4.42 Å². The number of furan rings is 1. The molecule has 172 valence electrons. The van der Waals surface area contributed by atoms with Gasteiger partial charge in [-0.05, 0) is 25.1 Å². The fourth-order valence-electron chi connectivity index (χ4n) is 2.91. The molecule has 0 bridgehead atoms. The molecule has 0 fully saturated rings. The van der Waals surface area contributed by atoms with Crippen LogP contribution in [0.15, 0.2) is 51.0 Å². The van der Waals surface area contributed by atoms with Gasteiger partial charge in [0, 0.05) is 17.4 Å². The van der Waals surface area contributed by atoms with Crippen molar-refractivity contribution in [1.29, 1.82) is 0 Å². The molecular formula is C21H20F2N6O3S. The number of aliphatic hydroxyl groups excluding tert-OH is 1. The number of aromatic nitrogens is 4. The molecule has 3 aromatic heterocycles. The number of benzene rings is 1. The Kier molecular flexibility index (Phi) is 6.84. The van der Waals surface area contributed by atoms with Gasteiger partial charge in [-0.1, -0.05) is 23.9 Å². The molecule has 4 rings (SSSR count). The molecule has 0 saturated carbocycles. The van der Waals surface area contributed by atoms with Crippen LogP contribution in [0.1, 0.15) is 18.2 Å². The van der Waals surface area contributed by atoms with Crippen molar-refractivity contribution in [3.8, 4) is 0 Å². The lowest BCUT2D eigenvalue weighted by atomic mass is 10.2. The van der Waals surface area contributed by atoms with E-state index in [1.54, 1.807) is 19.1 Å². The van der Waals surface area contributed by atoms with E-state index in [-0.39, 0.29) is 58.5 Å². The van der Waals surface area contributed by atoms with Crippen LogP contribution in [-0.4, -0.2) is 37.7 Å². The molecule has 33 heavy (non-hydrogen) atoms. The second-order valence-corrected chi connectivity index (χ2v) is 8.07. The Bertz CT molecular complexity index is 1320. The van der Waals surface area contributed by atoms with Crippen molar-refractivity contribution in [2.45, 2.75) is 30.4 Å². The first-order chi connectivity index (χ1) is 15.9. The molecule has 0 spiro atoms. The van der Waals surface area contributed by atoms with Crippen molar-refractivity contribution < 1.29 is 18.3 Å². The van der Waals surface area contributed by atoms with Gasteiger partial charge in [-0.25, -0.2) is 23.7 Å². The first-order valence-electron chi connectivity index (χ1n) is 9.96. The average Bonchev–Trinajstić information content (AvgIpc) is 3.32. The summed E-state index contributed by atoms with van der Waals surface area (Å²) in [5, 5.41) is 15.6. The Morgan fingerprint density at radius 2 is 2.03 bits per heavy atom. The summed E-state index contributed by atoms with van der Waals surface area (Å²) < 4.78 is 32.7. The van der Waals surface area contributed by atoms with Crippen LogP contribution in [0.4, 0.5) is 20.4 Å². The molecule has 1 aromatic carbocycles. The monoisotopic (exact) mass is 474 g/mol. The summed E-state index contributed by atoms with van der Waals surface area (Å²) in [5.74, 6) is -0.846. The van der Waals surface area contributed by atoms with E-state index in [0.29, 0.717) is 5.76 Å². The van der Waals surface area contributed by atoms with Crippen LogP contribution in [0.5, 0.6) is 0 Å². The van der Waals surface area contributed by atoms with Crippen LogP contribution < -0.4 is 16.2 Å². The van der Waals surface area contributed by atoms with Gasteiger partial charge in [0.25, 0.3) is 5.56 Å². The number of hydrogen-bond acceptors (Lipinski definition) is 9. The molecule has 0 saturated heterocycles. The molecule has 0 aliphatic heterocycles. The summed E-state index contributed by atoms with van der Waals surface area (Å²) in [6, 6.07) is 7.06. The third kappa shape index (κ3) is 5.29. The van der Waals surface area contributed by atoms with Gasteiger partial charge in [-0.3, -0.25) is 4.79 Å². The number of thioether (sulfide) groups is 1. The second kappa shape index (κ2) is 9.96. The molecule has 4 N–H and O–H groups in total. The molecular weight excluding hydrogens is 454 g/mol. The maximum absolute atomic E-state index is 14.0. The first kappa shape index (κ1) is 22.7. The van der Waals surface area contributed by atoms with Crippen molar-refractivity contribution >= 4 is 34.6 Å². The van der Waals surface area contributed by atoms with Crippen LogP contribution in [0, 0.1) is 11.6 Å². The molecule has 12 heteroatoms. The first-order valence-corrected chi connectivity index (χ1v) is 10.9. The van der Waals surface area contributed by atoms with Gasteiger partial charge >= 0.3 is 0 Å². The van der Waals surface area contributed by atoms with E-state index < -0.39 is 17.2 Å². The Labute approximate surface area is 190 Å². The lowest BCUT2D eigenvalue weighted by Crippen LogP contribution is -2.22. The number of rotatable bonds is 9. The quantitative estimate of drug-likeness (QED) is 0.213. The van der Waals surface area contributed by atoms with Crippen molar-refractivity contribution in [1.82, 2.24) is 19.9 Å².